The second-order valence-corrected chi connectivity index (χ2v) is 9.62. The number of hydrogen-bond acceptors (Lipinski definition) is 4. The number of halogens is 1. The van der Waals surface area contributed by atoms with E-state index in [9.17, 15) is 9.59 Å². The third-order valence-electron chi connectivity index (χ3n) is 5.83. The Morgan fingerprint density at radius 2 is 1.88 bits per heavy atom. The molecule has 32 heavy (non-hydrogen) atoms. The summed E-state index contributed by atoms with van der Waals surface area (Å²) in [6.07, 6.45) is 7.20. The summed E-state index contributed by atoms with van der Waals surface area (Å²) in [4.78, 5) is 29.7. The smallest absolute Gasteiger partial charge is 0.247 e. The number of hydrogen-bond donors (Lipinski definition) is 1. The summed E-state index contributed by atoms with van der Waals surface area (Å²) in [7, 11) is 0. The quantitative estimate of drug-likeness (QED) is 0.455. The highest BCUT2D eigenvalue weighted by Gasteiger charge is 2.33. The van der Waals surface area contributed by atoms with Gasteiger partial charge in [0.2, 0.25) is 11.8 Å². The molecule has 3 aromatic rings. The van der Waals surface area contributed by atoms with E-state index < -0.39 is 6.04 Å². The minimum absolute atomic E-state index is 0.123. The molecule has 1 atom stereocenters. The van der Waals surface area contributed by atoms with Crippen molar-refractivity contribution in [3.63, 3.8) is 0 Å². The maximum absolute atomic E-state index is 13.6. The summed E-state index contributed by atoms with van der Waals surface area (Å²) in [5, 5.41) is 5.75. The third kappa shape index (κ3) is 5.81. The fourth-order valence-corrected chi connectivity index (χ4v) is 5.02. The molecule has 0 bridgehead atoms. The van der Waals surface area contributed by atoms with Crippen LogP contribution in [0.3, 0.4) is 0 Å². The fraction of sp³-hybridized carbons (Fsp3) is 0.360. The lowest BCUT2D eigenvalue weighted by Gasteiger charge is -2.33. The lowest BCUT2D eigenvalue weighted by Crippen LogP contribution is -2.47. The zero-order valence-electron chi connectivity index (χ0n) is 17.8. The maximum atomic E-state index is 13.6. The molecule has 1 aromatic carbocycles. The van der Waals surface area contributed by atoms with E-state index in [4.69, 9.17) is 16.0 Å². The van der Waals surface area contributed by atoms with Crippen LogP contribution in [0, 0.1) is 0 Å². The van der Waals surface area contributed by atoms with Gasteiger partial charge < -0.3 is 14.6 Å². The molecule has 5 nitrogen and oxygen atoms in total. The van der Waals surface area contributed by atoms with Crippen molar-refractivity contribution in [3.05, 3.63) is 81.4 Å². The SMILES string of the molecule is O=C(NC1CCCCC1)[C@H](c1ccc(Cl)cc1)N(Cc1ccco1)C(=O)Cc1cccs1. The minimum atomic E-state index is -0.772. The first-order valence-electron chi connectivity index (χ1n) is 11.0. The van der Waals surface area contributed by atoms with Gasteiger partial charge in [-0.15, -0.1) is 11.3 Å². The Labute approximate surface area is 197 Å². The molecular formula is C25H27ClN2O3S. The summed E-state index contributed by atoms with van der Waals surface area (Å²) in [6, 6.07) is 14.0. The van der Waals surface area contributed by atoms with Crippen LogP contribution in [0.2, 0.25) is 5.02 Å². The number of benzene rings is 1. The first kappa shape index (κ1) is 22.6. The van der Waals surface area contributed by atoms with Crippen LogP contribution in [0.5, 0.6) is 0 Å². The Morgan fingerprint density at radius 1 is 1.09 bits per heavy atom. The lowest BCUT2D eigenvalue weighted by molar-refractivity contribution is -0.141. The van der Waals surface area contributed by atoms with Gasteiger partial charge in [0.1, 0.15) is 11.8 Å². The topological polar surface area (TPSA) is 62.6 Å². The standard InChI is InChI=1S/C25H27ClN2O3S/c26-19-12-10-18(11-13-19)24(25(30)27-20-6-2-1-3-7-20)28(17-21-8-4-14-31-21)23(29)16-22-9-5-15-32-22/h4-5,8-15,20,24H,1-3,6-7,16-17H2,(H,27,30)/t24-/m0/s1. The van der Waals surface area contributed by atoms with Gasteiger partial charge in [-0.2, -0.15) is 0 Å². The number of carbonyl (C=O) groups is 2. The fourth-order valence-electron chi connectivity index (χ4n) is 4.20. The molecule has 0 spiro atoms. The van der Waals surface area contributed by atoms with Crippen molar-refractivity contribution in [1.29, 1.82) is 0 Å². The molecule has 2 amide bonds. The normalized spacial score (nSPS) is 15.3. The molecule has 4 rings (SSSR count). The molecule has 1 aliphatic rings. The molecule has 168 valence electrons. The number of furan rings is 1. The lowest BCUT2D eigenvalue weighted by atomic mass is 9.94. The second kappa shape index (κ2) is 10.8. The van der Waals surface area contributed by atoms with Crippen LogP contribution >= 0.6 is 22.9 Å². The Morgan fingerprint density at radius 3 is 2.53 bits per heavy atom. The van der Waals surface area contributed by atoms with E-state index in [1.165, 1.54) is 17.8 Å². The number of rotatable bonds is 8. The Hall–Kier alpha value is -2.57. The molecule has 1 saturated carbocycles. The van der Waals surface area contributed by atoms with Crippen LogP contribution in [0.4, 0.5) is 0 Å². The van der Waals surface area contributed by atoms with Crippen LogP contribution in [-0.4, -0.2) is 22.8 Å². The molecule has 2 heterocycles. The summed E-state index contributed by atoms with van der Waals surface area (Å²) in [5.41, 5.74) is 0.730. The number of nitrogens with one attached hydrogen (secondary N) is 1. The van der Waals surface area contributed by atoms with Gasteiger partial charge in [0.05, 0.1) is 19.2 Å². The van der Waals surface area contributed by atoms with Crippen molar-refractivity contribution in [3.8, 4) is 0 Å². The predicted octanol–water partition coefficient (Wildman–Crippen LogP) is 5.76. The number of amides is 2. The van der Waals surface area contributed by atoms with E-state index in [1.54, 1.807) is 29.4 Å². The van der Waals surface area contributed by atoms with E-state index in [1.807, 2.05) is 35.7 Å². The molecule has 0 unspecified atom stereocenters. The number of carbonyl (C=O) groups excluding carboxylic acids is 2. The van der Waals surface area contributed by atoms with Crippen LogP contribution in [0.1, 0.15) is 54.3 Å². The zero-order valence-corrected chi connectivity index (χ0v) is 19.4. The highest BCUT2D eigenvalue weighted by atomic mass is 35.5. The first-order valence-corrected chi connectivity index (χ1v) is 12.3. The van der Waals surface area contributed by atoms with Crippen molar-refractivity contribution in [2.24, 2.45) is 0 Å². The average Bonchev–Trinajstić information content (AvgIpc) is 3.49. The zero-order chi connectivity index (χ0) is 22.3. The molecule has 7 heteroatoms. The van der Waals surface area contributed by atoms with Crippen molar-refractivity contribution in [1.82, 2.24) is 10.2 Å². The third-order valence-corrected chi connectivity index (χ3v) is 6.96. The van der Waals surface area contributed by atoms with Crippen LogP contribution in [0.15, 0.2) is 64.6 Å². The summed E-state index contributed by atoms with van der Waals surface area (Å²) in [5.74, 6) is 0.349. The van der Waals surface area contributed by atoms with E-state index in [0.29, 0.717) is 10.8 Å². The van der Waals surface area contributed by atoms with Gasteiger partial charge >= 0.3 is 0 Å². The minimum Gasteiger partial charge on any atom is -0.467 e. The largest absolute Gasteiger partial charge is 0.467 e. The molecule has 1 fully saturated rings. The maximum Gasteiger partial charge on any atom is 0.247 e. The Kier molecular flexibility index (Phi) is 7.66. The van der Waals surface area contributed by atoms with E-state index >= 15 is 0 Å². The van der Waals surface area contributed by atoms with Gasteiger partial charge in [0.25, 0.3) is 0 Å². The average molecular weight is 471 g/mol. The van der Waals surface area contributed by atoms with Gasteiger partial charge in [-0.1, -0.05) is 49.1 Å². The number of thiophene rings is 1. The molecule has 1 aliphatic carbocycles. The van der Waals surface area contributed by atoms with Gasteiger partial charge in [0, 0.05) is 15.9 Å². The Balaban J connectivity index is 1.66. The summed E-state index contributed by atoms with van der Waals surface area (Å²) >= 11 is 7.64. The molecule has 0 saturated heterocycles. The highest BCUT2D eigenvalue weighted by molar-refractivity contribution is 7.10. The molecule has 0 radical (unpaired) electrons. The summed E-state index contributed by atoms with van der Waals surface area (Å²) in [6.45, 7) is 0.211. The van der Waals surface area contributed by atoms with Crippen molar-refractivity contribution >= 4 is 34.8 Å². The molecule has 1 N–H and O–H groups in total. The van der Waals surface area contributed by atoms with Crippen molar-refractivity contribution in [2.75, 3.05) is 0 Å². The van der Waals surface area contributed by atoms with Gasteiger partial charge in [0.15, 0.2) is 0 Å². The predicted molar refractivity (Wildman–Crippen MR) is 126 cm³/mol. The number of nitrogens with zero attached hydrogens (tertiary/aromatic N) is 1. The Bertz CT molecular complexity index is 997. The van der Waals surface area contributed by atoms with E-state index in [-0.39, 0.29) is 30.8 Å². The van der Waals surface area contributed by atoms with Crippen LogP contribution in [0.25, 0.3) is 0 Å². The van der Waals surface area contributed by atoms with Gasteiger partial charge in [-0.25, -0.2) is 0 Å². The van der Waals surface area contributed by atoms with Crippen molar-refractivity contribution < 1.29 is 14.0 Å². The van der Waals surface area contributed by atoms with Crippen LogP contribution < -0.4 is 5.32 Å². The van der Waals surface area contributed by atoms with Crippen molar-refractivity contribution in [2.45, 2.75) is 57.2 Å². The van der Waals surface area contributed by atoms with E-state index in [0.717, 1.165) is 36.1 Å². The summed E-state index contributed by atoms with van der Waals surface area (Å²) < 4.78 is 5.54. The van der Waals surface area contributed by atoms with E-state index in [2.05, 4.69) is 5.32 Å². The van der Waals surface area contributed by atoms with Crippen LogP contribution in [-0.2, 0) is 22.6 Å². The molecule has 2 aromatic heterocycles. The first-order chi connectivity index (χ1) is 15.6. The second-order valence-electron chi connectivity index (χ2n) is 8.15. The molecule has 0 aliphatic heterocycles. The monoisotopic (exact) mass is 470 g/mol. The molecular weight excluding hydrogens is 444 g/mol. The van der Waals surface area contributed by atoms with Gasteiger partial charge in [-0.05, 0) is 54.1 Å². The van der Waals surface area contributed by atoms with Gasteiger partial charge in [-0.3, -0.25) is 9.59 Å². The highest BCUT2D eigenvalue weighted by Crippen LogP contribution is 2.28.